The van der Waals surface area contributed by atoms with E-state index in [1.54, 1.807) is 19.3 Å². The highest BCUT2D eigenvalue weighted by molar-refractivity contribution is 5.81. The highest BCUT2D eigenvalue weighted by Crippen LogP contribution is 2.26. The molecule has 1 amide bonds. The summed E-state index contributed by atoms with van der Waals surface area (Å²) in [6.45, 7) is 8.23. The molecule has 0 fully saturated rings. The van der Waals surface area contributed by atoms with Gasteiger partial charge in [-0.1, -0.05) is 32.9 Å². The molecular weight excluding hydrogens is 368 g/mol. The number of hydrogen-bond donors (Lipinski definition) is 1. The zero-order valence-electron chi connectivity index (χ0n) is 17.8. The Morgan fingerprint density at radius 1 is 1.14 bits per heavy atom. The summed E-state index contributed by atoms with van der Waals surface area (Å²) in [7, 11) is 1.34. The van der Waals surface area contributed by atoms with E-state index < -0.39 is 12.0 Å². The Morgan fingerprint density at radius 2 is 1.83 bits per heavy atom. The first-order valence-electron chi connectivity index (χ1n) is 9.72. The van der Waals surface area contributed by atoms with Gasteiger partial charge in [0.05, 0.1) is 13.0 Å². The van der Waals surface area contributed by atoms with Gasteiger partial charge in [-0.05, 0) is 54.2 Å². The molecule has 156 valence electrons. The number of amides is 1. The number of esters is 1. The van der Waals surface area contributed by atoms with Crippen LogP contribution in [0.1, 0.15) is 38.8 Å². The third-order valence-electron chi connectivity index (χ3n) is 4.67. The van der Waals surface area contributed by atoms with Crippen LogP contribution in [0, 0.1) is 5.92 Å². The number of nitrogens with one attached hydrogen (secondary N) is 1. The van der Waals surface area contributed by atoms with Crippen molar-refractivity contribution in [2.75, 3.05) is 13.7 Å². The lowest BCUT2D eigenvalue weighted by atomic mass is 9.87. The van der Waals surface area contributed by atoms with Crippen molar-refractivity contribution < 1.29 is 19.1 Å². The number of benzene rings is 1. The lowest BCUT2D eigenvalue weighted by Gasteiger charge is -2.21. The lowest BCUT2D eigenvalue weighted by Crippen LogP contribution is -2.41. The van der Waals surface area contributed by atoms with Crippen molar-refractivity contribution in [3.05, 3.63) is 59.9 Å². The molecule has 2 atom stereocenters. The molecule has 1 heterocycles. The Morgan fingerprint density at radius 3 is 2.45 bits per heavy atom. The second-order valence-corrected chi connectivity index (χ2v) is 8.06. The van der Waals surface area contributed by atoms with Crippen LogP contribution in [0.25, 0.3) is 0 Å². The van der Waals surface area contributed by atoms with E-state index in [4.69, 9.17) is 9.47 Å². The average molecular weight is 399 g/mol. The fourth-order valence-corrected chi connectivity index (χ4v) is 2.87. The highest BCUT2D eigenvalue weighted by Gasteiger charge is 2.23. The third kappa shape index (κ3) is 6.89. The van der Waals surface area contributed by atoms with Crippen molar-refractivity contribution >= 4 is 11.9 Å². The van der Waals surface area contributed by atoms with Crippen LogP contribution in [0.3, 0.4) is 0 Å². The van der Waals surface area contributed by atoms with Crippen molar-refractivity contribution in [1.82, 2.24) is 10.3 Å². The van der Waals surface area contributed by atoms with Gasteiger partial charge in [0.1, 0.15) is 5.75 Å². The molecule has 1 N–H and O–H groups in total. The van der Waals surface area contributed by atoms with Gasteiger partial charge in [0, 0.05) is 18.9 Å². The summed E-state index contributed by atoms with van der Waals surface area (Å²) in [6, 6.07) is 11.4. The van der Waals surface area contributed by atoms with E-state index in [-0.39, 0.29) is 23.8 Å². The van der Waals surface area contributed by atoms with E-state index in [9.17, 15) is 9.59 Å². The van der Waals surface area contributed by atoms with E-state index >= 15 is 0 Å². The van der Waals surface area contributed by atoms with Crippen LogP contribution < -0.4 is 10.1 Å². The molecular formula is C23H30N2O4. The second-order valence-electron chi connectivity index (χ2n) is 8.06. The fourth-order valence-electron chi connectivity index (χ4n) is 2.87. The van der Waals surface area contributed by atoms with Gasteiger partial charge in [0.15, 0.2) is 6.10 Å². The van der Waals surface area contributed by atoms with Gasteiger partial charge < -0.3 is 14.8 Å². The summed E-state index contributed by atoms with van der Waals surface area (Å²) in [5.41, 5.74) is 2.07. The Kier molecular flexibility index (Phi) is 7.76. The zero-order chi connectivity index (χ0) is 21.4. The first kappa shape index (κ1) is 22.4. The van der Waals surface area contributed by atoms with Crippen LogP contribution >= 0.6 is 0 Å². The van der Waals surface area contributed by atoms with Crippen molar-refractivity contribution in [3.8, 4) is 5.75 Å². The van der Waals surface area contributed by atoms with E-state index in [0.29, 0.717) is 12.2 Å². The predicted octanol–water partition coefficient (Wildman–Crippen LogP) is 3.29. The molecule has 0 saturated carbocycles. The summed E-state index contributed by atoms with van der Waals surface area (Å²) in [5.74, 6) is -0.493. The maximum absolute atomic E-state index is 12.5. The molecule has 6 nitrogen and oxygen atoms in total. The zero-order valence-corrected chi connectivity index (χ0v) is 17.8. The number of nitrogens with zero attached hydrogens (tertiary/aromatic N) is 1. The summed E-state index contributed by atoms with van der Waals surface area (Å²) in [4.78, 5) is 28.6. The molecule has 1 aromatic heterocycles. The molecule has 6 heteroatoms. The van der Waals surface area contributed by atoms with Crippen molar-refractivity contribution in [3.63, 3.8) is 0 Å². The largest absolute Gasteiger partial charge is 0.481 e. The Labute approximate surface area is 172 Å². The number of pyridine rings is 1. The van der Waals surface area contributed by atoms with Gasteiger partial charge in [-0.25, -0.2) is 0 Å². The summed E-state index contributed by atoms with van der Waals surface area (Å²) in [5, 5.41) is 2.80. The number of ether oxygens (including phenoxy) is 2. The van der Waals surface area contributed by atoms with Crippen LogP contribution in [-0.4, -0.2) is 36.6 Å². The number of hydrogen-bond acceptors (Lipinski definition) is 5. The molecule has 1 aromatic carbocycles. The van der Waals surface area contributed by atoms with E-state index in [2.05, 4.69) is 31.1 Å². The van der Waals surface area contributed by atoms with Gasteiger partial charge in [-0.3, -0.25) is 14.6 Å². The standard InChI is InChI=1S/C23H30N2O4/c1-16(29-20-8-6-7-19(14-20)23(2,3)4)21(26)25-15-18(22(27)28-5)13-17-9-11-24-12-10-17/h6-12,14,16,18H,13,15H2,1-5H3,(H,25,26). The average Bonchev–Trinajstić information content (AvgIpc) is 2.70. The van der Waals surface area contributed by atoms with E-state index in [1.165, 1.54) is 7.11 Å². The quantitative estimate of drug-likeness (QED) is 0.691. The molecule has 0 aliphatic carbocycles. The van der Waals surface area contributed by atoms with Gasteiger partial charge in [0.25, 0.3) is 5.91 Å². The van der Waals surface area contributed by atoms with Gasteiger partial charge in [-0.2, -0.15) is 0 Å². The smallest absolute Gasteiger partial charge is 0.310 e. The summed E-state index contributed by atoms with van der Waals surface area (Å²) < 4.78 is 10.7. The van der Waals surface area contributed by atoms with Gasteiger partial charge in [-0.15, -0.1) is 0 Å². The minimum absolute atomic E-state index is 0.00837. The Balaban J connectivity index is 1.96. The first-order chi connectivity index (χ1) is 13.7. The minimum atomic E-state index is -0.690. The molecule has 0 saturated heterocycles. The maximum atomic E-state index is 12.5. The molecule has 0 bridgehead atoms. The predicted molar refractivity (Wildman–Crippen MR) is 112 cm³/mol. The SMILES string of the molecule is COC(=O)C(CNC(=O)C(C)Oc1cccc(C(C)(C)C)c1)Cc1ccncc1. The van der Waals surface area contributed by atoms with Crippen LogP contribution in [0.2, 0.25) is 0 Å². The summed E-state index contributed by atoms with van der Waals surface area (Å²) >= 11 is 0. The van der Waals surface area contributed by atoms with Crippen LogP contribution in [-0.2, 0) is 26.2 Å². The van der Waals surface area contributed by atoms with Gasteiger partial charge >= 0.3 is 5.97 Å². The molecule has 2 unspecified atom stereocenters. The number of aromatic nitrogens is 1. The van der Waals surface area contributed by atoms with Crippen LogP contribution in [0.5, 0.6) is 5.75 Å². The molecule has 0 spiro atoms. The van der Waals surface area contributed by atoms with Crippen LogP contribution in [0.15, 0.2) is 48.8 Å². The highest BCUT2D eigenvalue weighted by atomic mass is 16.5. The molecule has 0 radical (unpaired) electrons. The monoisotopic (exact) mass is 398 g/mol. The maximum Gasteiger partial charge on any atom is 0.310 e. The topological polar surface area (TPSA) is 77.5 Å². The van der Waals surface area contributed by atoms with Crippen molar-refractivity contribution in [2.24, 2.45) is 5.92 Å². The Bertz CT molecular complexity index is 815. The fraction of sp³-hybridized carbons (Fsp3) is 0.435. The van der Waals surface area contributed by atoms with Crippen LogP contribution in [0.4, 0.5) is 0 Å². The van der Waals surface area contributed by atoms with E-state index in [0.717, 1.165) is 11.1 Å². The number of methoxy groups -OCH3 is 1. The molecule has 2 rings (SSSR count). The first-order valence-corrected chi connectivity index (χ1v) is 9.72. The minimum Gasteiger partial charge on any atom is -0.481 e. The molecule has 29 heavy (non-hydrogen) atoms. The number of rotatable bonds is 8. The molecule has 2 aromatic rings. The molecule has 0 aliphatic rings. The van der Waals surface area contributed by atoms with Gasteiger partial charge in [0.2, 0.25) is 0 Å². The number of carbonyl (C=O) groups is 2. The molecule has 0 aliphatic heterocycles. The number of carbonyl (C=O) groups excluding carboxylic acids is 2. The lowest BCUT2D eigenvalue weighted by molar-refractivity contribution is -0.145. The summed E-state index contributed by atoms with van der Waals surface area (Å²) in [6.07, 6.45) is 3.11. The second kappa shape index (κ2) is 10.0. The Hall–Kier alpha value is -2.89. The third-order valence-corrected chi connectivity index (χ3v) is 4.67. The van der Waals surface area contributed by atoms with E-state index in [1.807, 2.05) is 36.4 Å². The van der Waals surface area contributed by atoms with Crippen molar-refractivity contribution in [1.29, 1.82) is 0 Å². The van der Waals surface area contributed by atoms with Crippen molar-refractivity contribution in [2.45, 2.75) is 45.6 Å². The normalized spacial score (nSPS) is 13.3.